The molecule has 220 valence electrons. The molecule has 0 aliphatic rings. The number of nitrogens with two attached hydrogens (primary N) is 1. The molecule has 0 spiro atoms. The monoisotopic (exact) mass is 621 g/mol. The molecule has 2 N–H and O–H groups in total. The quantitative estimate of drug-likeness (QED) is 0.0627. The Balaban J connectivity index is 0. The van der Waals surface area contributed by atoms with Crippen LogP contribution in [0, 0.1) is 0 Å². The van der Waals surface area contributed by atoms with Crippen molar-refractivity contribution in [3.8, 4) is 0 Å². The summed E-state index contributed by atoms with van der Waals surface area (Å²) in [5, 5.41) is 0. The van der Waals surface area contributed by atoms with Gasteiger partial charge >= 0.3 is 0 Å². The summed E-state index contributed by atoms with van der Waals surface area (Å²) in [5.74, 6) is 0. The summed E-state index contributed by atoms with van der Waals surface area (Å²) >= 11 is 0. The van der Waals surface area contributed by atoms with Gasteiger partial charge in [0.05, 0.1) is 0 Å². The van der Waals surface area contributed by atoms with Gasteiger partial charge in [-0.3, -0.25) is 0 Å². The molecule has 1 nitrogen and oxygen atoms in total. The summed E-state index contributed by atoms with van der Waals surface area (Å²) in [4.78, 5) is 0. The van der Waals surface area contributed by atoms with Crippen LogP contribution in [0.2, 0.25) is 0 Å². The number of hydrogen-bond acceptors (Lipinski definition) is 1. The van der Waals surface area contributed by atoms with Gasteiger partial charge in [0.25, 0.3) is 0 Å². The van der Waals surface area contributed by atoms with Gasteiger partial charge < -0.3 is 5.73 Å². The van der Waals surface area contributed by atoms with E-state index in [2.05, 4.69) is 20.8 Å². The molecule has 0 heterocycles. The molecule has 2 heteroatoms. The Hall–Kier alpha value is 0.690. The Kier molecular flexibility index (Phi) is 34.4. The second-order valence-electron chi connectivity index (χ2n) is 12.1. The molecule has 0 atom stereocenters. The van der Waals surface area contributed by atoms with Gasteiger partial charge in [-0.1, -0.05) is 194 Å². The fourth-order valence-corrected chi connectivity index (χ4v) is 5.74. The fraction of sp³-hybridized carbons (Fsp3) is 1.00. The Morgan fingerprint density at radius 2 is 0.472 bits per heavy atom. The molecular weight excluding hydrogens is 549 g/mol. The maximum Gasteiger partial charge on any atom is 0.0154 e. The second-order valence-corrected chi connectivity index (χ2v) is 12.1. The number of unbranched alkanes of at least 4 members (excludes halogenated alkanes) is 24. The Morgan fingerprint density at radius 1 is 0.306 bits per heavy atom. The van der Waals surface area contributed by atoms with Crippen LogP contribution in [0.15, 0.2) is 0 Å². The third-order valence-corrected chi connectivity index (χ3v) is 8.33. The van der Waals surface area contributed by atoms with Crippen LogP contribution < -0.4 is 5.73 Å². The second kappa shape index (κ2) is 31.9. The summed E-state index contributed by atoms with van der Waals surface area (Å²) in [7, 11) is 0. The maximum atomic E-state index is 7.09. The van der Waals surface area contributed by atoms with E-state index in [1.807, 2.05) is 0 Å². The van der Waals surface area contributed by atoms with Crippen molar-refractivity contribution in [3.05, 3.63) is 0 Å². The lowest BCUT2D eigenvalue weighted by atomic mass is 9.82. The predicted octanol–water partition coefficient (Wildman–Crippen LogP) is 13.1. The first-order valence-electron chi connectivity index (χ1n) is 17.0. The van der Waals surface area contributed by atoms with Crippen molar-refractivity contribution < 1.29 is 0 Å². The number of rotatable bonds is 30. The lowest BCUT2D eigenvalue weighted by Crippen LogP contribution is -2.39. The maximum absolute atomic E-state index is 7.09. The van der Waals surface area contributed by atoms with E-state index in [4.69, 9.17) is 5.73 Å². The van der Waals surface area contributed by atoms with Gasteiger partial charge in [-0.05, 0) is 19.3 Å². The molecule has 0 aliphatic carbocycles. The van der Waals surface area contributed by atoms with Crippen molar-refractivity contribution in [1.82, 2.24) is 0 Å². The molecule has 36 heavy (non-hydrogen) atoms. The van der Waals surface area contributed by atoms with E-state index >= 15 is 0 Å². The van der Waals surface area contributed by atoms with Crippen LogP contribution in [0.3, 0.4) is 0 Å². The summed E-state index contributed by atoms with van der Waals surface area (Å²) < 4.78 is 0. The van der Waals surface area contributed by atoms with Crippen LogP contribution in [-0.2, 0) is 0 Å². The van der Waals surface area contributed by atoms with Gasteiger partial charge in [-0.2, -0.15) is 0 Å². The highest BCUT2D eigenvalue weighted by Gasteiger charge is 2.23. The summed E-state index contributed by atoms with van der Waals surface area (Å²) in [6, 6.07) is 0. The van der Waals surface area contributed by atoms with E-state index in [0.29, 0.717) is 0 Å². The van der Waals surface area contributed by atoms with Gasteiger partial charge in [0.2, 0.25) is 0 Å². The van der Waals surface area contributed by atoms with Gasteiger partial charge in [0.1, 0.15) is 0 Å². The first kappa shape index (κ1) is 38.8. The zero-order valence-electron chi connectivity index (χ0n) is 25.7. The largest absolute Gasteiger partial charge is 0.325 e. The third-order valence-electron chi connectivity index (χ3n) is 8.33. The minimum atomic E-state index is 0. The van der Waals surface area contributed by atoms with Crippen molar-refractivity contribution in [2.24, 2.45) is 5.73 Å². The number of hydrogen-bond donors (Lipinski definition) is 1. The van der Waals surface area contributed by atoms with Crippen molar-refractivity contribution in [1.29, 1.82) is 0 Å². The van der Waals surface area contributed by atoms with Gasteiger partial charge in [-0.25, -0.2) is 0 Å². The molecular formula is C34H72IN. The molecule has 0 saturated heterocycles. The van der Waals surface area contributed by atoms with E-state index < -0.39 is 0 Å². The van der Waals surface area contributed by atoms with E-state index in [-0.39, 0.29) is 29.5 Å². The van der Waals surface area contributed by atoms with Crippen LogP contribution in [0.4, 0.5) is 0 Å². The average Bonchev–Trinajstić information content (AvgIpc) is 2.86. The van der Waals surface area contributed by atoms with Gasteiger partial charge in [-0.15, -0.1) is 24.0 Å². The summed E-state index contributed by atoms with van der Waals surface area (Å²) in [6.07, 6.45) is 42.1. The molecule has 0 aromatic rings. The molecule has 0 amide bonds. The molecule has 0 fully saturated rings. The molecule has 0 aliphatic heterocycles. The van der Waals surface area contributed by atoms with E-state index in [9.17, 15) is 0 Å². The first-order chi connectivity index (χ1) is 17.2. The first-order valence-corrected chi connectivity index (χ1v) is 17.0. The van der Waals surface area contributed by atoms with Crippen LogP contribution in [0.5, 0.6) is 0 Å². The molecule has 0 bridgehead atoms. The summed E-state index contributed by atoms with van der Waals surface area (Å²) in [5.41, 5.74) is 7.21. The highest BCUT2D eigenvalue weighted by Crippen LogP contribution is 2.27. The lowest BCUT2D eigenvalue weighted by molar-refractivity contribution is 0.302. The minimum absolute atomic E-state index is 0. The van der Waals surface area contributed by atoms with Crippen LogP contribution >= 0.6 is 24.0 Å². The van der Waals surface area contributed by atoms with Crippen molar-refractivity contribution >= 4 is 24.0 Å². The average molecular weight is 622 g/mol. The zero-order valence-corrected chi connectivity index (χ0v) is 28.0. The zero-order chi connectivity index (χ0) is 25.7. The minimum Gasteiger partial charge on any atom is -0.325 e. The van der Waals surface area contributed by atoms with Crippen LogP contribution in [-0.4, -0.2) is 5.54 Å². The van der Waals surface area contributed by atoms with Crippen molar-refractivity contribution in [2.75, 3.05) is 0 Å². The summed E-state index contributed by atoms with van der Waals surface area (Å²) in [6.45, 7) is 6.92. The normalized spacial score (nSPS) is 11.7. The van der Waals surface area contributed by atoms with Crippen molar-refractivity contribution in [3.63, 3.8) is 0 Å². The SMILES string of the molecule is CCCCCCCCCCCC(N)(CCCCCCCCCCC)CCCCCCCCCCC.I. The standard InChI is InChI=1S/C34H71N.HI/c1-4-7-10-13-16-19-22-25-28-31-34(35,32-29-26-23-20-17-14-11-8-5-2)33-30-27-24-21-18-15-12-9-6-3;/h4-33,35H2,1-3H3;1H. The van der Waals surface area contributed by atoms with Crippen LogP contribution in [0.1, 0.15) is 213 Å². The van der Waals surface area contributed by atoms with E-state index in [1.54, 1.807) is 0 Å². The molecule has 0 saturated carbocycles. The topological polar surface area (TPSA) is 26.0 Å². The van der Waals surface area contributed by atoms with E-state index in [0.717, 1.165) is 0 Å². The van der Waals surface area contributed by atoms with Gasteiger partial charge in [0, 0.05) is 5.54 Å². The molecule has 0 aromatic carbocycles. The van der Waals surface area contributed by atoms with Crippen molar-refractivity contribution in [2.45, 2.75) is 219 Å². The molecule has 0 aromatic heterocycles. The molecule has 0 rings (SSSR count). The number of halogens is 1. The molecule has 0 unspecified atom stereocenters. The Bertz CT molecular complexity index is 328. The Morgan fingerprint density at radius 3 is 0.667 bits per heavy atom. The van der Waals surface area contributed by atoms with Crippen LogP contribution in [0.25, 0.3) is 0 Å². The van der Waals surface area contributed by atoms with E-state index in [1.165, 1.54) is 193 Å². The lowest BCUT2D eigenvalue weighted by Gasteiger charge is -2.30. The molecule has 0 radical (unpaired) electrons. The predicted molar refractivity (Wildman–Crippen MR) is 178 cm³/mol. The highest BCUT2D eigenvalue weighted by molar-refractivity contribution is 14.0. The third kappa shape index (κ3) is 29.2. The smallest absolute Gasteiger partial charge is 0.0154 e. The highest BCUT2D eigenvalue weighted by atomic mass is 127. The van der Waals surface area contributed by atoms with Gasteiger partial charge in [0.15, 0.2) is 0 Å². The fourth-order valence-electron chi connectivity index (χ4n) is 5.74. The Labute approximate surface area is 247 Å².